The second-order valence-electron chi connectivity index (χ2n) is 4.11. The predicted octanol–water partition coefficient (Wildman–Crippen LogP) is -0.328. The first-order valence-electron chi connectivity index (χ1n) is 5.39. The molecule has 2 rings (SSSR count). The molecule has 5 nitrogen and oxygen atoms in total. The third-order valence-corrected chi connectivity index (χ3v) is 2.76. The Balaban J connectivity index is 1.74. The summed E-state index contributed by atoms with van der Waals surface area (Å²) in [6.45, 7) is 5.27. The van der Waals surface area contributed by atoms with E-state index < -0.39 is 0 Å². The van der Waals surface area contributed by atoms with E-state index in [0.29, 0.717) is 0 Å². The van der Waals surface area contributed by atoms with E-state index >= 15 is 0 Å². The Bertz CT molecular complexity index is 301. The van der Waals surface area contributed by atoms with E-state index in [2.05, 4.69) is 27.5 Å². The van der Waals surface area contributed by atoms with E-state index in [1.807, 2.05) is 24.0 Å². The van der Waals surface area contributed by atoms with Crippen LogP contribution < -0.4 is 5.43 Å². The Kier molecular flexibility index (Phi) is 3.35. The highest BCUT2D eigenvalue weighted by molar-refractivity contribution is 4.97. The number of hydrogen-bond donors (Lipinski definition) is 1. The lowest BCUT2D eigenvalue weighted by atomic mass is 10.4. The normalized spacial score (nSPS) is 19.6. The third-order valence-electron chi connectivity index (χ3n) is 2.76. The summed E-state index contributed by atoms with van der Waals surface area (Å²) in [7, 11) is 4.11. The van der Waals surface area contributed by atoms with E-state index in [9.17, 15) is 0 Å². The van der Waals surface area contributed by atoms with Crippen molar-refractivity contribution in [3.05, 3.63) is 18.0 Å². The lowest BCUT2D eigenvalue weighted by Gasteiger charge is -2.32. The topological polar surface area (TPSA) is 36.3 Å². The fourth-order valence-corrected chi connectivity index (χ4v) is 1.71. The van der Waals surface area contributed by atoms with Gasteiger partial charge in [0.25, 0.3) is 0 Å². The second-order valence-corrected chi connectivity index (χ2v) is 4.11. The zero-order chi connectivity index (χ0) is 10.7. The molecule has 0 aromatic carbocycles. The first-order valence-corrected chi connectivity index (χ1v) is 5.39. The molecular formula is C10H19N5. The largest absolute Gasteiger partial charge is 0.304 e. The SMILES string of the molecule is CN1CCN(NCc2ccn(C)n2)CC1. The number of hydrogen-bond acceptors (Lipinski definition) is 4. The number of aryl methyl sites for hydroxylation is 1. The minimum absolute atomic E-state index is 0.824. The number of hydrazine groups is 1. The molecule has 1 saturated heterocycles. The molecule has 1 aliphatic rings. The summed E-state index contributed by atoms with van der Waals surface area (Å²) in [5.74, 6) is 0. The lowest BCUT2D eigenvalue weighted by Crippen LogP contribution is -2.50. The minimum Gasteiger partial charge on any atom is -0.304 e. The van der Waals surface area contributed by atoms with Gasteiger partial charge in [0.05, 0.1) is 12.2 Å². The number of nitrogens with one attached hydrogen (secondary N) is 1. The van der Waals surface area contributed by atoms with Crippen LogP contribution in [0.1, 0.15) is 5.69 Å². The maximum absolute atomic E-state index is 4.33. The smallest absolute Gasteiger partial charge is 0.0776 e. The Morgan fingerprint density at radius 2 is 2.00 bits per heavy atom. The van der Waals surface area contributed by atoms with Gasteiger partial charge in [-0.1, -0.05) is 0 Å². The fraction of sp³-hybridized carbons (Fsp3) is 0.700. The van der Waals surface area contributed by atoms with Crippen LogP contribution >= 0.6 is 0 Å². The molecule has 0 saturated carbocycles. The zero-order valence-corrected chi connectivity index (χ0v) is 9.48. The standard InChI is InChI=1S/C10H19N5/c1-13-5-7-15(8-6-13)11-9-10-3-4-14(2)12-10/h3-4,11H,5-9H2,1-2H3. The summed E-state index contributed by atoms with van der Waals surface area (Å²) in [4.78, 5) is 2.35. The Labute approximate surface area is 90.6 Å². The number of rotatable bonds is 3. The Morgan fingerprint density at radius 1 is 1.27 bits per heavy atom. The van der Waals surface area contributed by atoms with Gasteiger partial charge >= 0.3 is 0 Å². The van der Waals surface area contributed by atoms with Crippen molar-refractivity contribution in [3.63, 3.8) is 0 Å². The summed E-state index contributed by atoms with van der Waals surface area (Å²) in [6, 6.07) is 2.04. The molecule has 1 fully saturated rings. The molecular weight excluding hydrogens is 190 g/mol. The molecule has 0 bridgehead atoms. The molecule has 0 unspecified atom stereocenters. The molecule has 0 amide bonds. The molecule has 0 spiro atoms. The fourth-order valence-electron chi connectivity index (χ4n) is 1.71. The molecule has 1 aliphatic heterocycles. The van der Waals surface area contributed by atoms with Crippen molar-refractivity contribution in [2.45, 2.75) is 6.54 Å². The molecule has 1 N–H and O–H groups in total. The number of nitrogens with zero attached hydrogens (tertiary/aromatic N) is 4. The monoisotopic (exact) mass is 209 g/mol. The van der Waals surface area contributed by atoms with Crippen molar-refractivity contribution in [1.82, 2.24) is 25.1 Å². The van der Waals surface area contributed by atoms with E-state index in [1.54, 1.807) is 0 Å². The van der Waals surface area contributed by atoms with E-state index in [0.717, 1.165) is 38.4 Å². The summed E-state index contributed by atoms with van der Waals surface area (Å²) in [6.07, 6.45) is 1.97. The second kappa shape index (κ2) is 4.74. The molecule has 84 valence electrons. The van der Waals surface area contributed by atoms with Crippen LogP contribution in [0.3, 0.4) is 0 Å². The van der Waals surface area contributed by atoms with Crippen molar-refractivity contribution in [1.29, 1.82) is 0 Å². The van der Waals surface area contributed by atoms with Crippen LogP contribution in [-0.4, -0.2) is 52.9 Å². The first-order chi connectivity index (χ1) is 7.24. The van der Waals surface area contributed by atoms with Gasteiger partial charge in [-0.15, -0.1) is 0 Å². The van der Waals surface area contributed by atoms with Crippen molar-refractivity contribution in [2.24, 2.45) is 7.05 Å². The Morgan fingerprint density at radius 3 is 2.60 bits per heavy atom. The highest BCUT2D eigenvalue weighted by Gasteiger charge is 2.12. The maximum Gasteiger partial charge on any atom is 0.0776 e. The number of piperazine rings is 1. The molecule has 2 heterocycles. The van der Waals surface area contributed by atoms with Crippen molar-refractivity contribution < 1.29 is 0 Å². The van der Waals surface area contributed by atoms with Crippen LogP contribution in [0.15, 0.2) is 12.3 Å². The van der Waals surface area contributed by atoms with Crippen LogP contribution in [0.4, 0.5) is 0 Å². The van der Waals surface area contributed by atoms with Gasteiger partial charge in [-0.2, -0.15) is 5.10 Å². The van der Waals surface area contributed by atoms with Gasteiger partial charge in [-0.25, -0.2) is 10.4 Å². The van der Waals surface area contributed by atoms with Gasteiger partial charge in [0.1, 0.15) is 0 Å². The summed E-state index contributed by atoms with van der Waals surface area (Å²) >= 11 is 0. The van der Waals surface area contributed by atoms with E-state index in [-0.39, 0.29) is 0 Å². The van der Waals surface area contributed by atoms with Crippen LogP contribution in [0.25, 0.3) is 0 Å². The van der Waals surface area contributed by atoms with E-state index in [1.165, 1.54) is 0 Å². The Hall–Kier alpha value is -0.910. The van der Waals surface area contributed by atoms with Crippen molar-refractivity contribution in [2.75, 3.05) is 33.2 Å². The van der Waals surface area contributed by atoms with Gasteiger partial charge < -0.3 is 4.90 Å². The molecule has 0 atom stereocenters. The molecule has 1 aromatic heterocycles. The quantitative estimate of drug-likeness (QED) is 0.740. The summed E-state index contributed by atoms with van der Waals surface area (Å²) in [5, 5.41) is 6.60. The molecule has 5 heteroatoms. The predicted molar refractivity (Wildman–Crippen MR) is 59.1 cm³/mol. The van der Waals surface area contributed by atoms with Gasteiger partial charge in [0, 0.05) is 39.4 Å². The van der Waals surface area contributed by atoms with Crippen molar-refractivity contribution in [3.8, 4) is 0 Å². The number of aromatic nitrogens is 2. The highest BCUT2D eigenvalue weighted by atomic mass is 15.5. The number of likely N-dealkylation sites (N-methyl/N-ethyl adjacent to an activating group) is 1. The summed E-state index contributed by atoms with van der Waals surface area (Å²) in [5.41, 5.74) is 4.50. The average Bonchev–Trinajstić information content (AvgIpc) is 2.64. The molecule has 1 aromatic rings. The van der Waals surface area contributed by atoms with Crippen molar-refractivity contribution >= 4 is 0 Å². The summed E-state index contributed by atoms with van der Waals surface area (Å²) < 4.78 is 1.83. The minimum atomic E-state index is 0.824. The lowest BCUT2D eigenvalue weighted by molar-refractivity contribution is 0.101. The molecule has 0 radical (unpaired) electrons. The first kappa shape index (κ1) is 10.6. The van der Waals surface area contributed by atoms with Gasteiger partial charge in [-0.3, -0.25) is 4.68 Å². The average molecular weight is 209 g/mol. The van der Waals surface area contributed by atoms with E-state index in [4.69, 9.17) is 0 Å². The van der Waals surface area contributed by atoms with Crippen LogP contribution in [-0.2, 0) is 13.6 Å². The zero-order valence-electron chi connectivity index (χ0n) is 9.48. The van der Waals surface area contributed by atoms with Gasteiger partial charge in [0.2, 0.25) is 0 Å². The third kappa shape index (κ3) is 3.02. The van der Waals surface area contributed by atoms with Crippen LogP contribution in [0.5, 0.6) is 0 Å². The molecule has 15 heavy (non-hydrogen) atoms. The maximum atomic E-state index is 4.33. The van der Waals surface area contributed by atoms with Gasteiger partial charge in [0.15, 0.2) is 0 Å². The van der Waals surface area contributed by atoms with Crippen LogP contribution in [0.2, 0.25) is 0 Å². The highest BCUT2D eigenvalue weighted by Crippen LogP contribution is 1.98. The van der Waals surface area contributed by atoms with Gasteiger partial charge in [-0.05, 0) is 13.1 Å². The van der Waals surface area contributed by atoms with Crippen LogP contribution in [0, 0.1) is 0 Å². The molecule has 0 aliphatic carbocycles.